The third kappa shape index (κ3) is 1.52. The average Bonchev–Trinajstić information content (AvgIpc) is 2.55. The molecule has 80 valence electrons. The van der Waals surface area contributed by atoms with Gasteiger partial charge in [0.05, 0.1) is 11.6 Å². The fourth-order valence-electron chi connectivity index (χ4n) is 2.07. The zero-order valence-electron chi connectivity index (χ0n) is 8.88. The van der Waals surface area contributed by atoms with Gasteiger partial charge in [0.25, 0.3) is 0 Å². The largest absolute Gasteiger partial charge is 0.323 e. The second kappa shape index (κ2) is 3.65. The average molecular weight is 207 g/mol. The van der Waals surface area contributed by atoms with E-state index in [9.17, 15) is 9.18 Å². The van der Waals surface area contributed by atoms with Crippen LogP contribution >= 0.6 is 0 Å². The van der Waals surface area contributed by atoms with Crippen molar-refractivity contribution in [1.29, 1.82) is 0 Å². The van der Waals surface area contributed by atoms with E-state index < -0.39 is 0 Å². The fraction of sp³-hybridized carbons (Fsp3) is 0.417. The van der Waals surface area contributed by atoms with Crippen molar-refractivity contribution >= 4 is 11.6 Å². The quantitative estimate of drug-likeness (QED) is 0.793. The van der Waals surface area contributed by atoms with E-state index in [4.69, 9.17) is 0 Å². The highest BCUT2D eigenvalue weighted by Crippen LogP contribution is 2.39. The van der Waals surface area contributed by atoms with Crippen molar-refractivity contribution in [3.8, 4) is 0 Å². The topological polar surface area (TPSA) is 29.1 Å². The number of amides is 1. The molecule has 0 saturated carbocycles. The molecule has 1 aromatic carbocycles. The Bertz CT molecular complexity index is 403. The van der Waals surface area contributed by atoms with Crippen molar-refractivity contribution in [3.05, 3.63) is 29.6 Å². The van der Waals surface area contributed by atoms with Crippen LogP contribution in [0.15, 0.2) is 18.2 Å². The minimum absolute atomic E-state index is 0.0792. The molecule has 1 aliphatic rings. The van der Waals surface area contributed by atoms with Crippen LogP contribution in [0.3, 0.4) is 0 Å². The molecule has 1 aliphatic heterocycles. The molecule has 2 atom stereocenters. The molecule has 1 N–H and O–H groups in total. The molecule has 1 aromatic rings. The summed E-state index contributed by atoms with van der Waals surface area (Å²) in [4.78, 5) is 11.7. The Kier molecular flexibility index (Phi) is 2.47. The number of carbonyl (C=O) groups is 1. The van der Waals surface area contributed by atoms with E-state index >= 15 is 0 Å². The molecule has 2 unspecified atom stereocenters. The summed E-state index contributed by atoms with van der Waals surface area (Å²) in [6.07, 6.45) is 0.911. The Morgan fingerprint density at radius 2 is 2.27 bits per heavy atom. The van der Waals surface area contributed by atoms with Crippen molar-refractivity contribution in [1.82, 2.24) is 0 Å². The summed E-state index contributed by atoms with van der Waals surface area (Å²) in [5.74, 6) is -0.371. The van der Waals surface area contributed by atoms with Crippen LogP contribution in [0, 0.1) is 11.7 Å². The van der Waals surface area contributed by atoms with E-state index in [2.05, 4.69) is 5.32 Å². The van der Waals surface area contributed by atoms with Gasteiger partial charge in [0.2, 0.25) is 5.91 Å². The van der Waals surface area contributed by atoms with Crippen LogP contribution in [-0.2, 0) is 4.79 Å². The summed E-state index contributed by atoms with van der Waals surface area (Å²) in [5.41, 5.74) is 1.17. The minimum Gasteiger partial charge on any atom is -0.323 e. The maximum Gasteiger partial charge on any atom is 0.232 e. The van der Waals surface area contributed by atoms with Gasteiger partial charge in [-0.3, -0.25) is 4.79 Å². The van der Waals surface area contributed by atoms with Crippen LogP contribution in [0.4, 0.5) is 10.1 Å². The molecule has 2 rings (SSSR count). The summed E-state index contributed by atoms with van der Waals surface area (Å²) in [5, 5.41) is 2.62. The smallest absolute Gasteiger partial charge is 0.232 e. The first kappa shape index (κ1) is 10.1. The molecule has 0 bridgehead atoms. The third-order valence-electron chi connectivity index (χ3n) is 3.12. The predicted octanol–water partition coefficient (Wildman–Crippen LogP) is 2.91. The lowest BCUT2D eigenvalue weighted by Gasteiger charge is -2.15. The molecular weight excluding hydrogens is 193 g/mol. The van der Waals surface area contributed by atoms with Crippen molar-refractivity contribution in [2.75, 3.05) is 5.32 Å². The van der Waals surface area contributed by atoms with E-state index in [0.717, 1.165) is 12.0 Å². The van der Waals surface area contributed by atoms with E-state index in [1.54, 1.807) is 6.07 Å². The summed E-state index contributed by atoms with van der Waals surface area (Å²) >= 11 is 0. The highest BCUT2D eigenvalue weighted by molar-refractivity contribution is 6.03. The third-order valence-corrected chi connectivity index (χ3v) is 3.12. The Labute approximate surface area is 88.5 Å². The zero-order chi connectivity index (χ0) is 11.0. The normalized spacial score (nSPS) is 21.0. The van der Waals surface area contributed by atoms with Gasteiger partial charge in [-0.1, -0.05) is 32.4 Å². The minimum atomic E-state index is -0.341. The van der Waals surface area contributed by atoms with Gasteiger partial charge in [-0.05, 0) is 17.5 Å². The van der Waals surface area contributed by atoms with Gasteiger partial charge in [-0.15, -0.1) is 0 Å². The van der Waals surface area contributed by atoms with Crippen molar-refractivity contribution in [2.24, 2.45) is 5.92 Å². The molecule has 1 amide bonds. The number of nitrogens with one attached hydrogen (secondary N) is 1. The van der Waals surface area contributed by atoms with Crippen LogP contribution in [-0.4, -0.2) is 5.91 Å². The highest BCUT2D eigenvalue weighted by atomic mass is 19.1. The number of fused-ring (bicyclic) bond motifs is 1. The summed E-state index contributed by atoms with van der Waals surface area (Å²) in [6.45, 7) is 4.06. The first-order valence-electron chi connectivity index (χ1n) is 5.24. The number of benzene rings is 1. The number of hydrogen-bond donors (Lipinski definition) is 1. The maximum absolute atomic E-state index is 13.4. The first-order chi connectivity index (χ1) is 7.15. The second-order valence-corrected chi connectivity index (χ2v) is 4.06. The lowest BCUT2D eigenvalue weighted by atomic mass is 9.87. The number of hydrogen-bond acceptors (Lipinski definition) is 1. The van der Waals surface area contributed by atoms with Gasteiger partial charge in [-0.2, -0.15) is 0 Å². The molecule has 1 heterocycles. The summed E-state index contributed by atoms with van der Waals surface area (Å²) in [7, 11) is 0. The van der Waals surface area contributed by atoms with Crippen molar-refractivity contribution in [2.45, 2.75) is 26.2 Å². The van der Waals surface area contributed by atoms with E-state index in [1.165, 1.54) is 6.07 Å². The maximum atomic E-state index is 13.4. The van der Waals surface area contributed by atoms with Gasteiger partial charge >= 0.3 is 0 Å². The molecule has 0 aliphatic carbocycles. The standard InChI is InChI=1S/C12H14FNO/c1-3-7(2)10-8-5-4-6-9(13)11(8)14-12(10)15/h4-7,10H,3H2,1-2H3,(H,14,15). The molecule has 3 heteroatoms. The molecule has 0 aromatic heterocycles. The fourth-order valence-corrected chi connectivity index (χ4v) is 2.07. The summed E-state index contributed by atoms with van der Waals surface area (Å²) < 4.78 is 13.4. The predicted molar refractivity (Wildman–Crippen MR) is 57.2 cm³/mol. The van der Waals surface area contributed by atoms with Crippen molar-refractivity contribution in [3.63, 3.8) is 0 Å². The zero-order valence-corrected chi connectivity index (χ0v) is 8.88. The molecule has 0 spiro atoms. The Morgan fingerprint density at radius 3 is 2.93 bits per heavy atom. The molecule has 15 heavy (non-hydrogen) atoms. The number of rotatable bonds is 2. The van der Waals surface area contributed by atoms with Crippen LogP contribution in [0.25, 0.3) is 0 Å². The van der Waals surface area contributed by atoms with Crippen LogP contribution < -0.4 is 5.32 Å². The molecule has 0 radical (unpaired) electrons. The molecule has 0 saturated heterocycles. The lowest BCUT2D eigenvalue weighted by Crippen LogP contribution is -2.18. The Morgan fingerprint density at radius 1 is 1.53 bits per heavy atom. The van der Waals surface area contributed by atoms with Crippen LogP contribution in [0.1, 0.15) is 31.7 Å². The lowest BCUT2D eigenvalue weighted by molar-refractivity contribution is -0.118. The summed E-state index contributed by atoms with van der Waals surface area (Å²) in [6, 6.07) is 4.86. The monoisotopic (exact) mass is 207 g/mol. The SMILES string of the molecule is CCC(C)C1C(=O)Nc2c(F)cccc21. The van der Waals surface area contributed by atoms with Gasteiger partial charge in [0.15, 0.2) is 0 Å². The van der Waals surface area contributed by atoms with E-state index in [-0.39, 0.29) is 23.6 Å². The highest BCUT2D eigenvalue weighted by Gasteiger charge is 2.35. The van der Waals surface area contributed by atoms with Crippen LogP contribution in [0.5, 0.6) is 0 Å². The van der Waals surface area contributed by atoms with Gasteiger partial charge in [0, 0.05) is 0 Å². The molecule has 2 nitrogen and oxygen atoms in total. The molecular formula is C12H14FNO. The number of anilines is 1. The number of para-hydroxylation sites is 1. The Balaban J connectivity index is 2.46. The Hall–Kier alpha value is -1.38. The van der Waals surface area contributed by atoms with E-state index in [1.807, 2.05) is 19.9 Å². The van der Waals surface area contributed by atoms with Gasteiger partial charge < -0.3 is 5.32 Å². The second-order valence-electron chi connectivity index (χ2n) is 4.06. The van der Waals surface area contributed by atoms with Crippen molar-refractivity contribution < 1.29 is 9.18 Å². The first-order valence-corrected chi connectivity index (χ1v) is 5.24. The van der Waals surface area contributed by atoms with E-state index in [0.29, 0.717) is 5.69 Å². The van der Waals surface area contributed by atoms with Gasteiger partial charge in [-0.25, -0.2) is 4.39 Å². The van der Waals surface area contributed by atoms with Crippen LogP contribution in [0.2, 0.25) is 0 Å². The molecule has 0 fully saturated rings. The number of carbonyl (C=O) groups excluding carboxylic acids is 1. The number of halogens is 1. The van der Waals surface area contributed by atoms with Gasteiger partial charge in [0.1, 0.15) is 5.82 Å².